The van der Waals surface area contributed by atoms with Crippen LogP contribution in [0.25, 0.3) is 0 Å². The molecule has 1 aromatic rings. The van der Waals surface area contributed by atoms with Crippen LogP contribution in [0.2, 0.25) is 0 Å². The molecule has 0 saturated heterocycles. The number of esters is 2. The highest BCUT2D eigenvalue weighted by Crippen LogP contribution is 2.35. The SMILES string of the molecule is CCOC(=O)CCC(C(=O)COCC1CCCCC1)(C(=O)OC(C)(C)C)C(=O)c1cncc(Br)c1. The lowest BCUT2D eigenvalue weighted by atomic mass is 9.73. The van der Waals surface area contributed by atoms with E-state index in [9.17, 15) is 19.2 Å². The molecule has 1 aliphatic carbocycles. The molecule has 0 aromatic carbocycles. The van der Waals surface area contributed by atoms with Crippen LogP contribution in [0, 0.1) is 11.3 Å². The lowest BCUT2D eigenvalue weighted by Gasteiger charge is -2.32. The minimum atomic E-state index is -2.27. The van der Waals surface area contributed by atoms with Crippen molar-refractivity contribution in [3.63, 3.8) is 0 Å². The summed E-state index contributed by atoms with van der Waals surface area (Å²) in [5.74, 6) is -2.80. The standard InChI is InChI=1S/C26H36BrNO7/c1-5-34-22(30)11-12-26(24(32)35-25(2,3)4,23(31)19-13-20(27)15-28-14-19)21(29)17-33-16-18-9-7-6-8-10-18/h13-15,18H,5-12,16-17H2,1-4H3. The van der Waals surface area contributed by atoms with E-state index < -0.39 is 47.5 Å². The summed E-state index contributed by atoms with van der Waals surface area (Å²) in [4.78, 5) is 57.3. The van der Waals surface area contributed by atoms with Gasteiger partial charge in [0, 0.05) is 35.5 Å². The minimum absolute atomic E-state index is 0.0507. The Morgan fingerprint density at radius 1 is 1.09 bits per heavy atom. The highest BCUT2D eigenvalue weighted by Gasteiger charge is 2.54. The van der Waals surface area contributed by atoms with Crippen molar-refractivity contribution in [2.24, 2.45) is 11.3 Å². The zero-order valence-electron chi connectivity index (χ0n) is 21.1. The second-order valence-corrected chi connectivity index (χ2v) is 10.8. The summed E-state index contributed by atoms with van der Waals surface area (Å²) in [6.07, 6.45) is 7.56. The zero-order valence-corrected chi connectivity index (χ0v) is 22.6. The Bertz CT molecular complexity index is 905. The van der Waals surface area contributed by atoms with Gasteiger partial charge in [0.05, 0.1) is 6.61 Å². The van der Waals surface area contributed by atoms with Crippen LogP contribution in [0.1, 0.15) is 83.0 Å². The van der Waals surface area contributed by atoms with Crippen molar-refractivity contribution in [1.29, 1.82) is 0 Å². The summed E-state index contributed by atoms with van der Waals surface area (Å²) in [5.41, 5.74) is -3.19. The first-order valence-electron chi connectivity index (χ1n) is 12.1. The van der Waals surface area contributed by atoms with Gasteiger partial charge in [0.1, 0.15) is 12.2 Å². The third kappa shape index (κ3) is 8.49. The van der Waals surface area contributed by atoms with Crippen molar-refractivity contribution >= 4 is 39.4 Å². The van der Waals surface area contributed by atoms with Gasteiger partial charge < -0.3 is 14.2 Å². The molecule has 0 bridgehead atoms. The summed E-state index contributed by atoms with van der Waals surface area (Å²) >= 11 is 3.27. The van der Waals surface area contributed by atoms with E-state index in [0.717, 1.165) is 25.7 Å². The van der Waals surface area contributed by atoms with Crippen LogP contribution in [0.15, 0.2) is 22.9 Å². The van der Waals surface area contributed by atoms with E-state index >= 15 is 0 Å². The van der Waals surface area contributed by atoms with Crippen molar-refractivity contribution in [3.8, 4) is 0 Å². The maximum Gasteiger partial charge on any atom is 0.328 e. The van der Waals surface area contributed by atoms with Crippen LogP contribution in [0.5, 0.6) is 0 Å². The molecule has 1 fully saturated rings. The predicted octanol–water partition coefficient (Wildman–Crippen LogP) is 4.86. The summed E-state index contributed by atoms with van der Waals surface area (Å²) < 4.78 is 16.8. The number of rotatable bonds is 12. The Morgan fingerprint density at radius 2 is 1.77 bits per heavy atom. The molecule has 0 N–H and O–H groups in total. The molecule has 0 spiro atoms. The largest absolute Gasteiger partial charge is 0.466 e. The molecular formula is C26H36BrNO7. The summed E-state index contributed by atoms with van der Waals surface area (Å²) in [7, 11) is 0. The van der Waals surface area contributed by atoms with Gasteiger partial charge in [-0.3, -0.25) is 24.2 Å². The molecule has 0 amide bonds. The Labute approximate surface area is 215 Å². The molecule has 2 rings (SSSR count). The maximum absolute atomic E-state index is 13.8. The first-order chi connectivity index (χ1) is 16.5. The molecule has 1 atom stereocenters. The van der Waals surface area contributed by atoms with Crippen LogP contribution in [0.3, 0.4) is 0 Å². The molecule has 0 radical (unpaired) electrons. The third-order valence-corrected chi connectivity index (χ3v) is 6.33. The fourth-order valence-corrected chi connectivity index (χ4v) is 4.52. The van der Waals surface area contributed by atoms with Gasteiger partial charge in [-0.1, -0.05) is 19.3 Å². The Morgan fingerprint density at radius 3 is 2.37 bits per heavy atom. The minimum Gasteiger partial charge on any atom is -0.466 e. The molecular weight excluding hydrogens is 518 g/mol. The van der Waals surface area contributed by atoms with Gasteiger partial charge in [-0.25, -0.2) is 0 Å². The van der Waals surface area contributed by atoms with Gasteiger partial charge in [-0.05, 0) is 74.9 Å². The van der Waals surface area contributed by atoms with Gasteiger partial charge in [0.15, 0.2) is 17.0 Å². The van der Waals surface area contributed by atoms with Crippen LogP contribution >= 0.6 is 15.9 Å². The van der Waals surface area contributed by atoms with Crippen LogP contribution in [-0.4, -0.2) is 53.9 Å². The van der Waals surface area contributed by atoms with E-state index in [0.29, 0.717) is 17.0 Å². The van der Waals surface area contributed by atoms with E-state index in [4.69, 9.17) is 14.2 Å². The Hall–Kier alpha value is -2.13. The first-order valence-corrected chi connectivity index (χ1v) is 12.9. The average molecular weight is 554 g/mol. The fraction of sp³-hybridized carbons (Fsp3) is 0.654. The molecule has 9 heteroatoms. The molecule has 0 aliphatic heterocycles. The second-order valence-electron chi connectivity index (χ2n) is 9.88. The van der Waals surface area contributed by atoms with Crippen molar-refractivity contribution in [2.75, 3.05) is 19.8 Å². The van der Waals surface area contributed by atoms with Crippen LogP contribution in [-0.2, 0) is 28.6 Å². The first kappa shape index (κ1) is 29.1. The number of halogens is 1. The molecule has 1 aliphatic rings. The van der Waals surface area contributed by atoms with Gasteiger partial charge >= 0.3 is 11.9 Å². The number of hydrogen-bond donors (Lipinski definition) is 0. The van der Waals surface area contributed by atoms with E-state index in [2.05, 4.69) is 20.9 Å². The normalized spacial score (nSPS) is 16.3. The van der Waals surface area contributed by atoms with E-state index in [1.165, 1.54) is 24.9 Å². The van der Waals surface area contributed by atoms with Gasteiger partial charge in [0.2, 0.25) is 0 Å². The van der Waals surface area contributed by atoms with Gasteiger partial charge in [0.25, 0.3) is 0 Å². The fourth-order valence-electron chi connectivity index (χ4n) is 4.15. The zero-order chi connectivity index (χ0) is 26.1. The molecule has 1 saturated carbocycles. The maximum atomic E-state index is 13.8. The number of ether oxygens (including phenoxy) is 3. The van der Waals surface area contributed by atoms with Crippen LogP contribution in [0.4, 0.5) is 0 Å². The summed E-state index contributed by atoms with van der Waals surface area (Å²) in [6.45, 7) is 6.68. The summed E-state index contributed by atoms with van der Waals surface area (Å²) in [6, 6.07) is 1.48. The highest BCUT2D eigenvalue weighted by molar-refractivity contribution is 9.10. The molecule has 8 nitrogen and oxygen atoms in total. The average Bonchev–Trinajstić information content (AvgIpc) is 2.79. The number of hydrogen-bond acceptors (Lipinski definition) is 8. The van der Waals surface area contributed by atoms with Gasteiger partial charge in [-0.2, -0.15) is 0 Å². The van der Waals surface area contributed by atoms with E-state index in [1.54, 1.807) is 27.7 Å². The quantitative estimate of drug-likeness (QED) is 0.205. The topological polar surface area (TPSA) is 109 Å². The Balaban J connectivity index is 2.41. The number of carbonyl (C=O) groups excluding carboxylic acids is 4. The van der Waals surface area contributed by atoms with Crippen molar-refractivity contribution in [1.82, 2.24) is 4.98 Å². The lowest BCUT2D eigenvalue weighted by molar-refractivity contribution is -0.168. The number of aromatic nitrogens is 1. The summed E-state index contributed by atoms with van der Waals surface area (Å²) in [5, 5.41) is 0. The number of carbonyl (C=O) groups is 4. The van der Waals surface area contributed by atoms with Crippen molar-refractivity contribution in [3.05, 3.63) is 28.5 Å². The molecule has 1 unspecified atom stereocenters. The Kier molecular flexibility index (Phi) is 11.0. The highest BCUT2D eigenvalue weighted by atomic mass is 79.9. The smallest absolute Gasteiger partial charge is 0.328 e. The number of ketones is 2. The molecule has 1 aromatic heterocycles. The second kappa shape index (κ2) is 13.3. The van der Waals surface area contributed by atoms with E-state index in [1.807, 2.05) is 0 Å². The van der Waals surface area contributed by atoms with Crippen LogP contribution < -0.4 is 0 Å². The van der Waals surface area contributed by atoms with Gasteiger partial charge in [-0.15, -0.1) is 0 Å². The molecule has 1 heterocycles. The van der Waals surface area contributed by atoms with E-state index in [-0.39, 0.29) is 18.6 Å². The number of pyridine rings is 1. The number of nitrogens with zero attached hydrogens (tertiary/aromatic N) is 1. The monoisotopic (exact) mass is 553 g/mol. The lowest BCUT2D eigenvalue weighted by Crippen LogP contribution is -2.51. The molecule has 194 valence electrons. The van der Waals surface area contributed by atoms with Crippen molar-refractivity contribution in [2.45, 2.75) is 78.2 Å². The van der Waals surface area contributed by atoms with Crippen molar-refractivity contribution < 1.29 is 33.4 Å². The molecule has 35 heavy (non-hydrogen) atoms. The third-order valence-electron chi connectivity index (χ3n) is 5.90. The predicted molar refractivity (Wildman–Crippen MR) is 133 cm³/mol. The number of Topliss-reactive ketones (excluding diaryl/α,β-unsaturated/α-hetero) is 2.